The summed E-state index contributed by atoms with van der Waals surface area (Å²) < 4.78 is 7.57. The van der Waals surface area contributed by atoms with Crippen molar-refractivity contribution in [3.63, 3.8) is 0 Å². The highest BCUT2D eigenvalue weighted by atomic mass is 16.5. The Balaban J connectivity index is 2.28. The number of fused-ring (bicyclic) bond motifs is 1. The van der Waals surface area contributed by atoms with Gasteiger partial charge in [-0.3, -0.25) is 4.40 Å². The molecule has 1 aliphatic rings. The summed E-state index contributed by atoms with van der Waals surface area (Å²) in [5.41, 5.74) is 10.4. The number of aromatic nitrogens is 2. The Morgan fingerprint density at radius 3 is 2.59 bits per heavy atom. The average molecular weight is 469 g/mol. The molecule has 0 amide bonds. The number of anilines is 1. The van der Waals surface area contributed by atoms with Crippen LogP contribution in [0.15, 0.2) is 30.4 Å². The lowest BCUT2D eigenvalue weighted by Gasteiger charge is -2.37. The van der Waals surface area contributed by atoms with Crippen molar-refractivity contribution in [2.24, 2.45) is 5.73 Å². The molecule has 0 bridgehead atoms. The first-order chi connectivity index (χ1) is 16.3. The van der Waals surface area contributed by atoms with Gasteiger partial charge in [-0.15, -0.1) is 0 Å². The predicted octanol–water partition coefficient (Wildman–Crippen LogP) is 3.55. The molecule has 0 saturated carbocycles. The number of hydrogen-bond acceptors (Lipinski definition) is 7. The first-order valence-electron chi connectivity index (χ1n) is 12.3. The van der Waals surface area contributed by atoms with Crippen LogP contribution >= 0.6 is 0 Å². The van der Waals surface area contributed by atoms with E-state index in [4.69, 9.17) is 15.5 Å². The van der Waals surface area contributed by atoms with Crippen LogP contribution in [0.3, 0.4) is 0 Å². The maximum absolute atomic E-state index is 13.0. The number of piperidine rings is 1. The maximum Gasteiger partial charge on any atom is 0.338 e. The first kappa shape index (κ1) is 25.6. The number of pyridine rings is 1. The van der Waals surface area contributed by atoms with Crippen LogP contribution in [0.5, 0.6) is 0 Å². The molecule has 0 unspecified atom stereocenters. The molecule has 34 heavy (non-hydrogen) atoms. The Kier molecular flexibility index (Phi) is 8.61. The van der Waals surface area contributed by atoms with Crippen molar-refractivity contribution in [1.82, 2.24) is 19.6 Å². The molecule has 1 aliphatic heterocycles. The molecule has 3 N–H and O–H groups in total. The van der Waals surface area contributed by atoms with E-state index in [1.54, 1.807) is 0 Å². The quantitative estimate of drug-likeness (QED) is 0.430. The topological polar surface area (TPSA) is 88.1 Å². The highest BCUT2D eigenvalue weighted by molar-refractivity contribution is 5.96. The van der Waals surface area contributed by atoms with E-state index in [0.717, 1.165) is 67.1 Å². The zero-order valence-corrected chi connectivity index (χ0v) is 21.5. The van der Waals surface area contributed by atoms with Crippen LogP contribution in [-0.2, 0) is 4.74 Å². The van der Waals surface area contributed by atoms with E-state index in [9.17, 15) is 4.79 Å². The molecule has 1 saturated heterocycles. The number of hydrogen-bond donors (Lipinski definition) is 2. The molecular formula is C26H40N6O2. The minimum Gasteiger partial charge on any atom is -0.462 e. The molecule has 8 nitrogen and oxygen atoms in total. The summed E-state index contributed by atoms with van der Waals surface area (Å²) >= 11 is 0. The number of allylic oxidation sites excluding steroid dienone is 3. The molecule has 0 atom stereocenters. The van der Waals surface area contributed by atoms with Crippen LogP contribution in [0.25, 0.3) is 11.1 Å². The van der Waals surface area contributed by atoms with Crippen molar-refractivity contribution in [2.75, 3.05) is 45.2 Å². The largest absolute Gasteiger partial charge is 0.462 e. The normalized spacial score (nSPS) is 15.6. The summed E-state index contributed by atoms with van der Waals surface area (Å²) in [7, 11) is 3.83. The molecule has 3 rings (SSSR count). The number of nitrogens with two attached hydrogens (primary N) is 1. The van der Waals surface area contributed by atoms with Crippen molar-refractivity contribution in [1.29, 1.82) is 0 Å². The van der Waals surface area contributed by atoms with E-state index >= 15 is 0 Å². The SMILES string of the molecule is CC/C=C(\C=C(/N)N(C)C)c1ncn2c(N(CC)C3CCNCC3)c(C)c(C(=O)OCC)cc12. The van der Waals surface area contributed by atoms with Gasteiger partial charge >= 0.3 is 5.97 Å². The molecule has 0 aromatic carbocycles. The smallest absolute Gasteiger partial charge is 0.338 e. The van der Waals surface area contributed by atoms with Gasteiger partial charge in [0.15, 0.2) is 0 Å². The van der Waals surface area contributed by atoms with Crippen LogP contribution in [-0.4, -0.2) is 66.6 Å². The van der Waals surface area contributed by atoms with Crippen LogP contribution in [0, 0.1) is 6.92 Å². The maximum atomic E-state index is 13.0. The van der Waals surface area contributed by atoms with Crippen molar-refractivity contribution >= 4 is 22.9 Å². The number of ether oxygens (including phenoxy) is 1. The minimum absolute atomic E-state index is 0.304. The first-order valence-corrected chi connectivity index (χ1v) is 12.3. The number of carbonyl (C=O) groups excluding carboxylic acids is 1. The van der Waals surface area contributed by atoms with Crippen molar-refractivity contribution in [3.8, 4) is 0 Å². The second kappa shape index (κ2) is 11.4. The summed E-state index contributed by atoms with van der Waals surface area (Å²) in [6, 6.07) is 2.31. The second-order valence-corrected chi connectivity index (χ2v) is 8.87. The Labute approximate surface area is 203 Å². The van der Waals surface area contributed by atoms with Crippen LogP contribution in [0.4, 0.5) is 5.82 Å². The van der Waals surface area contributed by atoms with Crippen molar-refractivity contribution < 1.29 is 9.53 Å². The Morgan fingerprint density at radius 2 is 2.00 bits per heavy atom. The summed E-state index contributed by atoms with van der Waals surface area (Å²) in [6.45, 7) is 11.3. The molecule has 0 spiro atoms. The molecule has 2 aromatic heterocycles. The lowest BCUT2D eigenvalue weighted by molar-refractivity contribution is 0.0525. The van der Waals surface area contributed by atoms with Crippen LogP contribution < -0.4 is 16.0 Å². The average Bonchev–Trinajstić information content (AvgIpc) is 3.24. The van der Waals surface area contributed by atoms with Crippen LogP contribution in [0.2, 0.25) is 0 Å². The number of esters is 1. The van der Waals surface area contributed by atoms with E-state index < -0.39 is 0 Å². The van der Waals surface area contributed by atoms with Gasteiger partial charge in [-0.2, -0.15) is 0 Å². The van der Waals surface area contributed by atoms with E-state index in [1.807, 2.05) is 51.3 Å². The summed E-state index contributed by atoms with van der Waals surface area (Å²) in [5.74, 6) is 1.35. The van der Waals surface area contributed by atoms with Crippen LogP contribution in [0.1, 0.15) is 61.6 Å². The fourth-order valence-corrected chi connectivity index (χ4v) is 4.64. The fraction of sp³-hybridized carbons (Fsp3) is 0.538. The van der Waals surface area contributed by atoms with Gasteiger partial charge < -0.3 is 25.6 Å². The third kappa shape index (κ3) is 5.22. The van der Waals surface area contributed by atoms with Crippen molar-refractivity contribution in [2.45, 2.75) is 53.0 Å². The summed E-state index contributed by atoms with van der Waals surface area (Å²) in [5, 5.41) is 3.45. The second-order valence-electron chi connectivity index (χ2n) is 8.87. The third-order valence-electron chi connectivity index (χ3n) is 6.43. The zero-order chi connectivity index (χ0) is 24.8. The lowest BCUT2D eigenvalue weighted by Crippen LogP contribution is -2.44. The number of nitrogens with zero attached hydrogens (tertiary/aromatic N) is 4. The molecule has 186 valence electrons. The Morgan fingerprint density at radius 1 is 1.29 bits per heavy atom. The van der Waals surface area contributed by atoms with E-state index in [2.05, 4.69) is 34.5 Å². The number of carbonyl (C=O) groups is 1. The van der Waals surface area contributed by atoms with E-state index in [0.29, 0.717) is 24.0 Å². The Bertz CT molecular complexity index is 1060. The molecule has 8 heteroatoms. The molecular weight excluding hydrogens is 428 g/mol. The van der Waals surface area contributed by atoms with E-state index in [-0.39, 0.29) is 5.97 Å². The predicted molar refractivity (Wildman–Crippen MR) is 139 cm³/mol. The molecule has 2 aromatic rings. The van der Waals surface area contributed by atoms with Gasteiger partial charge in [-0.1, -0.05) is 13.0 Å². The van der Waals surface area contributed by atoms with Gasteiger partial charge in [0.25, 0.3) is 0 Å². The Hall–Kier alpha value is -3.00. The number of imidazole rings is 1. The highest BCUT2D eigenvalue weighted by Gasteiger charge is 2.27. The molecule has 1 fully saturated rings. The van der Waals surface area contributed by atoms with Gasteiger partial charge in [0.1, 0.15) is 12.1 Å². The molecule has 3 heterocycles. The standard InChI is InChI=1S/C26H40N6O2/c1-7-10-19(15-23(27)30(5)6)24-22-16-21(26(33)34-9-3)18(4)25(32(22)17-29-24)31(8-2)20-11-13-28-14-12-20/h10,15-17,20,28H,7-9,11-14,27H2,1-6H3/b19-10+,23-15+. The van der Waals surface area contributed by atoms with Gasteiger partial charge in [-0.05, 0) is 65.3 Å². The van der Waals surface area contributed by atoms with Gasteiger partial charge in [0.2, 0.25) is 0 Å². The summed E-state index contributed by atoms with van der Waals surface area (Å²) in [6.07, 6.45) is 8.89. The number of rotatable bonds is 9. The molecule has 0 aliphatic carbocycles. The monoisotopic (exact) mass is 468 g/mol. The zero-order valence-electron chi connectivity index (χ0n) is 21.5. The highest BCUT2D eigenvalue weighted by Crippen LogP contribution is 2.33. The van der Waals surface area contributed by atoms with Gasteiger partial charge in [0, 0.05) is 37.8 Å². The number of nitrogens with one attached hydrogen (secondary N) is 1. The lowest BCUT2D eigenvalue weighted by atomic mass is 10.0. The van der Waals surface area contributed by atoms with E-state index in [1.165, 1.54) is 0 Å². The third-order valence-corrected chi connectivity index (χ3v) is 6.43. The minimum atomic E-state index is -0.304. The fourth-order valence-electron chi connectivity index (χ4n) is 4.64. The summed E-state index contributed by atoms with van der Waals surface area (Å²) in [4.78, 5) is 22.1. The van der Waals surface area contributed by atoms with Crippen molar-refractivity contribution in [3.05, 3.63) is 47.2 Å². The van der Waals surface area contributed by atoms with Gasteiger partial charge in [0.05, 0.1) is 29.2 Å². The molecule has 0 radical (unpaired) electrons. The van der Waals surface area contributed by atoms with Gasteiger partial charge in [-0.25, -0.2) is 9.78 Å².